The Morgan fingerprint density at radius 1 is 1.09 bits per heavy atom. The highest BCUT2D eigenvalue weighted by Crippen LogP contribution is 2.34. The Bertz CT molecular complexity index is 899. The van der Waals surface area contributed by atoms with Crippen LogP contribution in [-0.4, -0.2) is 10.9 Å². The maximum atomic E-state index is 14.4. The maximum Gasteiger partial charge on any atom is 0.224 e. The molecule has 22 heavy (non-hydrogen) atoms. The Kier molecular flexibility index (Phi) is 2.89. The molecule has 0 aliphatic carbocycles. The highest BCUT2D eigenvalue weighted by atomic mass is 19.1. The fourth-order valence-corrected chi connectivity index (χ4v) is 2.95. The number of hydrogen-bond donors (Lipinski definition) is 1. The number of rotatable bonds is 1. The molecule has 1 aliphatic heterocycles. The van der Waals surface area contributed by atoms with Crippen LogP contribution in [0.25, 0.3) is 21.9 Å². The van der Waals surface area contributed by atoms with E-state index in [1.807, 2.05) is 30.3 Å². The molecule has 0 spiro atoms. The lowest BCUT2D eigenvalue weighted by molar-refractivity contribution is -0.116. The minimum absolute atomic E-state index is 0.133. The molecule has 2 heterocycles. The largest absolute Gasteiger partial charge is 0.323 e. The zero-order valence-corrected chi connectivity index (χ0v) is 11.8. The summed E-state index contributed by atoms with van der Waals surface area (Å²) in [5.74, 6) is -0.528. The SMILES string of the molecule is O=C1CCc2cc(-c3cncc4ccccc34)cc(F)c2N1. The van der Waals surface area contributed by atoms with Gasteiger partial charge < -0.3 is 5.32 Å². The molecular weight excluding hydrogens is 279 g/mol. The minimum atomic E-state index is -0.395. The molecule has 0 bridgehead atoms. The summed E-state index contributed by atoms with van der Waals surface area (Å²) in [6.45, 7) is 0. The third kappa shape index (κ3) is 2.04. The van der Waals surface area contributed by atoms with Gasteiger partial charge in [0.25, 0.3) is 0 Å². The van der Waals surface area contributed by atoms with Crippen LogP contribution in [0.3, 0.4) is 0 Å². The number of anilines is 1. The van der Waals surface area contributed by atoms with Crippen molar-refractivity contribution in [2.75, 3.05) is 5.32 Å². The van der Waals surface area contributed by atoms with Crippen molar-refractivity contribution in [1.82, 2.24) is 4.98 Å². The highest BCUT2D eigenvalue weighted by Gasteiger charge is 2.20. The number of halogens is 1. The van der Waals surface area contributed by atoms with Crippen molar-refractivity contribution in [3.8, 4) is 11.1 Å². The fourth-order valence-electron chi connectivity index (χ4n) is 2.95. The fraction of sp³-hybridized carbons (Fsp3) is 0.111. The molecular formula is C18H13FN2O. The van der Waals surface area contributed by atoms with E-state index in [4.69, 9.17) is 0 Å². The second kappa shape index (κ2) is 4.91. The zero-order chi connectivity index (χ0) is 15.1. The summed E-state index contributed by atoms with van der Waals surface area (Å²) in [5, 5.41) is 4.67. The molecule has 0 atom stereocenters. The van der Waals surface area contributed by atoms with E-state index in [0.29, 0.717) is 18.5 Å². The van der Waals surface area contributed by atoms with E-state index in [2.05, 4.69) is 10.3 Å². The van der Waals surface area contributed by atoms with Crippen molar-refractivity contribution in [1.29, 1.82) is 0 Å². The first-order valence-corrected chi connectivity index (χ1v) is 7.18. The lowest BCUT2D eigenvalue weighted by atomic mass is 9.95. The van der Waals surface area contributed by atoms with Crippen LogP contribution in [-0.2, 0) is 11.2 Å². The van der Waals surface area contributed by atoms with Gasteiger partial charge in [-0.15, -0.1) is 0 Å². The monoisotopic (exact) mass is 292 g/mol. The van der Waals surface area contributed by atoms with Gasteiger partial charge in [-0.2, -0.15) is 0 Å². The zero-order valence-electron chi connectivity index (χ0n) is 11.8. The molecule has 0 saturated heterocycles. The predicted molar refractivity (Wildman–Crippen MR) is 84.1 cm³/mol. The topological polar surface area (TPSA) is 42.0 Å². The van der Waals surface area contributed by atoms with Crippen LogP contribution in [0.5, 0.6) is 0 Å². The van der Waals surface area contributed by atoms with Gasteiger partial charge in [0.05, 0.1) is 5.69 Å². The molecule has 1 aliphatic rings. The number of aromatic nitrogens is 1. The molecule has 0 unspecified atom stereocenters. The number of aryl methyl sites for hydroxylation is 1. The van der Waals surface area contributed by atoms with Crippen molar-refractivity contribution in [2.24, 2.45) is 0 Å². The lowest BCUT2D eigenvalue weighted by Gasteiger charge is -2.19. The van der Waals surface area contributed by atoms with Crippen LogP contribution in [0.1, 0.15) is 12.0 Å². The molecule has 1 amide bonds. The summed E-state index contributed by atoms with van der Waals surface area (Å²) in [7, 11) is 0. The van der Waals surface area contributed by atoms with Crippen LogP contribution < -0.4 is 5.32 Å². The maximum absolute atomic E-state index is 14.4. The van der Waals surface area contributed by atoms with Gasteiger partial charge in [-0.25, -0.2) is 4.39 Å². The van der Waals surface area contributed by atoms with Gasteiger partial charge in [-0.1, -0.05) is 24.3 Å². The Morgan fingerprint density at radius 3 is 2.86 bits per heavy atom. The highest BCUT2D eigenvalue weighted by molar-refractivity contribution is 5.98. The number of carbonyl (C=O) groups excluding carboxylic acids is 1. The first-order chi connectivity index (χ1) is 10.7. The third-order valence-electron chi connectivity index (χ3n) is 4.04. The molecule has 3 aromatic rings. The van der Waals surface area contributed by atoms with Crippen molar-refractivity contribution >= 4 is 22.4 Å². The molecule has 0 saturated carbocycles. The number of fused-ring (bicyclic) bond motifs is 2. The summed E-state index contributed by atoms with van der Waals surface area (Å²) < 4.78 is 14.4. The quantitative estimate of drug-likeness (QED) is 0.738. The average molecular weight is 292 g/mol. The number of nitrogens with zero attached hydrogens (tertiary/aromatic N) is 1. The summed E-state index contributed by atoms with van der Waals surface area (Å²) in [6, 6.07) is 11.3. The van der Waals surface area contributed by atoms with Crippen LogP contribution in [0.15, 0.2) is 48.8 Å². The Balaban J connectivity index is 1.93. The Morgan fingerprint density at radius 2 is 1.95 bits per heavy atom. The molecule has 1 N–H and O–H groups in total. The van der Waals surface area contributed by atoms with E-state index in [-0.39, 0.29) is 5.91 Å². The Hall–Kier alpha value is -2.75. The number of pyridine rings is 1. The second-order valence-corrected chi connectivity index (χ2v) is 5.45. The van der Waals surface area contributed by atoms with Gasteiger partial charge in [-0.3, -0.25) is 9.78 Å². The van der Waals surface area contributed by atoms with Crippen molar-refractivity contribution < 1.29 is 9.18 Å². The molecule has 108 valence electrons. The summed E-state index contributed by atoms with van der Waals surface area (Å²) in [5.41, 5.74) is 2.84. The predicted octanol–water partition coefficient (Wildman–Crippen LogP) is 3.93. The van der Waals surface area contributed by atoms with Gasteiger partial charge >= 0.3 is 0 Å². The standard InChI is InChI=1S/C18H13FN2O/c19-16-8-13(7-11-5-6-17(22)21-18(11)16)15-10-20-9-12-3-1-2-4-14(12)15/h1-4,7-10H,5-6H2,(H,21,22). The molecule has 4 heteroatoms. The van der Waals surface area contributed by atoms with Crippen molar-refractivity contribution in [3.63, 3.8) is 0 Å². The molecule has 4 rings (SSSR count). The summed E-state index contributed by atoms with van der Waals surface area (Å²) in [6.07, 6.45) is 4.51. The number of carbonyl (C=O) groups is 1. The summed E-state index contributed by atoms with van der Waals surface area (Å²) in [4.78, 5) is 15.7. The van der Waals surface area contributed by atoms with Crippen LogP contribution >= 0.6 is 0 Å². The molecule has 1 aromatic heterocycles. The first kappa shape index (κ1) is 13.0. The molecule has 0 radical (unpaired) electrons. The number of hydrogen-bond acceptors (Lipinski definition) is 2. The molecule has 0 fully saturated rings. The van der Waals surface area contributed by atoms with Gasteiger partial charge in [0.2, 0.25) is 5.91 Å². The van der Waals surface area contributed by atoms with Gasteiger partial charge in [0.15, 0.2) is 0 Å². The normalized spacial score (nSPS) is 13.8. The van der Waals surface area contributed by atoms with Crippen LogP contribution in [0.2, 0.25) is 0 Å². The molecule has 2 aromatic carbocycles. The van der Waals surface area contributed by atoms with E-state index in [1.165, 1.54) is 6.07 Å². The van der Waals surface area contributed by atoms with Gasteiger partial charge in [-0.05, 0) is 35.1 Å². The third-order valence-corrected chi connectivity index (χ3v) is 4.04. The lowest BCUT2D eigenvalue weighted by Crippen LogP contribution is -2.20. The van der Waals surface area contributed by atoms with Crippen LogP contribution in [0.4, 0.5) is 10.1 Å². The van der Waals surface area contributed by atoms with Gasteiger partial charge in [0.1, 0.15) is 5.82 Å². The second-order valence-electron chi connectivity index (χ2n) is 5.45. The summed E-state index contributed by atoms with van der Waals surface area (Å²) >= 11 is 0. The van der Waals surface area contributed by atoms with E-state index < -0.39 is 5.82 Å². The number of benzene rings is 2. The van der Waals surface area contributed by atoms with E-state index in [0.717, 1.165) is 27.5 Å². The smallest absolute Gasteiger partial charge is 0.224 e. The van der Waals surface area contributed by atoms with Gasteiger partial charge in [0, 0.05) is 29.8 Å². The van der Waals surface area contributed by atoms with E-state index in [1.54, 1.807) is 12.4 Å². The number of nitrogens with one attached hydrogen (secondary N) is 1. The average Bonchev–Trinajstić information content (AvgIpc) is 2.55. The number of amides is 1. The van der Waals surface area contributed by atoms with E-state index >= 15 is 0 Å². The molecule has 3 nitrogen and oxygen atoms in total. The minimum Gasteiger partial charge on any atom is -0.323 e. The Labute approximate surface area is 126 Å². The first-order valence-electron chi connectivity index (χ1n) is 7.18. The van der Waals surface area contributed by atoms with Crippen molar-refractivity contribution in [3.05, 3.63) is 60.2 Å². The van der Waals surface area contributed by atoms with Crippen molar-refractivity contribution in [2.45, 2.75) is 12.8 Å². The van der Waals surface area contributed by atoms with E-state index in [9.17, 15) is 9.18 Å². The van der Waals surface area contributed by atoms with Crippen LogP contribution in [0, 0.1) is 5.82 Å².